The Morgan fingerprint density at radius 2 is 1.93 bits per heavy atom. The molecule has 29 heavy (non-hydrogen) atoms. The van der Waals surface area contributed by atoms with Gasteiger partial charge in [-0.1, -0.05) is 17.7 Å². The Morgan fingerprint density at radius 1 is 1.21 bits per heavy atom. The number of rotatable bonds is 6. The monoisotopic (exact) mass is 440 g/mol. The van der Waals surface area contributed by atoms with E-state index in [2.05, 4.69) is 5.32 Å². The highest BCUT2D eigenvalue weighted by molar-refractivity contribution is 7.92. The lowest BCUT2D eigenvalue weighted by molar-refractivity contribution is -0.127. The van der Waals surface area contributed by atoms with E-state index in [9.17, 15) is 13.2 Å². The Hall–Kier alpha value is -2.65. The van der Waals surface area contributed by atoms with Crippen LogP contribution >= 0.6 is 11.6 Å². The molecule has 1 heterocycles. The number of fused-ring (bicyclic) bond motifs is 1. The fraction of sp³-hybridized carbons (Fsp3) is 0.316. The number of hydrogen-bond donors (Lipinski definition) is 1. The third-order valence-corrected chi connectivity index (χ3v) is 5.78. The largest absolute Gasteiger partial charge is 0.493 e. The average Bonchev–Trinajstić information content (AvgIpc) is 2.70. The Morgan fingerprint density at radius 3 is 2.59 bits per heavy atom. The van der Waals surface area contributed by atoms with E-state index in [0.717, 1.165) is 16.1 Å². The molecule has 0 saturated carbocycles. The Labute approximate surface area is 174 Å². The number of nitrogens with zero attached hydrogens (tertiary/aromatic N) is 1. The minimum atomic E-state index is -3.62. The number of carbonyl (C=O) groups is 1. The molecule has 0 aliphatic carbocycles. The summed E-state index contributed by atoms with van der Waals surface area (Å²) in [6.45, 7) is 0.0648. The minimum absolute atomic E-state index is 0.149. The van der Waals surface area contributed by atoms with Crippen LogP contribution in [-0.2, 0) is 21.4 Å². The summed E-state index contributed by atoms with van der Waals surface area (Å²) in [6, 6.07) is 9.90. The van der Waals surface area contributed by atoms with E-state index < -0.39 is 22.0 Å². The first-order valence-corrected chi connectivity index (χ1v) is 10.9. The van der Waals surface area contributed by atoms with E-state index in [1.165, 1.54) is 20.3 Å². The highest BCUT2D eigenvalue weighted by atomic mass is 35.5. The molecular formula is C19H21ClN2O6S. The lowest BCUT2D eigenvalue weighted by atomic mass is 10.2. The number of anilines is 1. The van der Waals surface area contributed by atoms with Crippen LogP contribution in [0.1, 0.15) is 5.56 Å². The van der Waals surface area contributed by atoms with Crippen molar-refractivity contribution in [2.24, 2.45) is 0 Å². The van der Waals surface area contributed by atoms with Gasteiger partial charge in [-0.25, -0.2) is 8.42 Å². The number of nitrogens with one attached hydrogen (secondary N) is 1. The molecule has 0 unspecified atom stereocenters. The molecule has 0 radical (unpaired) electrons. The molecule has 1 aliphatic rings. The predicted molar refractivity (Wildman–Crippen MR) is 109 cm³/mol. The summed E-state index contributed by atoms with van der Waals surface area (Å²) in [4.78, 5) is 12.7. The van der Waals surface area contributed by atoms with Crippen LogP contribution in [0.5, 0.6) is 17.2 Å². The van der Waals surface area contributed by atoms with Gasteiger partial charge in [0.25, 0.3) is 5.91 Å². The number of amides is 1. The topological polar surface area (TPSA) is 94.2 Å². The number of hydrogen-bond acceptors (Lipinski definition) is 6. The zero-order valence-electron chi connectivity index (χ0n) is 16.1. The van der Waals surface area contributed by atoms with E-state index in [1.54, 1.807) is 30.3 Å². The van der Waals surface area contributed by atoms with Crippen LogP contribution in [-0.4, -0.2) is 47.4 Å². The van der Waals surface area contributed by atoms with Crippen molar-refractivity contribution in [3.05, 3.63) is 47.0 Å². The fourth-order valence-electron chi connectivity index (χ4n) is 2.97. The summed E-state index contributed by atoms with van der Waals surface area (Å²) in [6.07, 6.45) is 0.0697. The number of halogens is 1. The van der Waals surface area contributed by atoms with Crippen LogP contribution in [0.2, 0.25) is 5.02 Å². The SMILES string of the molecule is COc1ccc(CNC(=O)[C@H]2CN(S(C)(=O)=O)c3cc(Cl)ccc3O2)cc1OC. The molecule has 1 aliphatic heterocycles. The summed E-state index contributed by atoms with van der Waals surface area (Å²) in [7, 11) is -0.555. The third kappa shape index (κ3) is 4.68. The first-order chi connectivity index (χ1) is 13.7. The standard InChI is InChI=1S/C19H21ClN2O6S/c1-26-16-6-4-12(8-17(16)27-2)10-21-19(23)18-11-22(29(3,24)25)14-9-13(20)5-7-15(14)28-18/h4-9,18H,10-11H2,1-3H3,(H,21,23)/t18-/m1/s1. The molecule has 10 heteroatoms. The van der Waals surface area contributed by atoms with Crippen molar-refractivity contribution in [1.82, 2.24) is 5.32 Å². The molecule has 0 aromatic heterocycles. The molecule has 2 aromatic carbocycles. The molecule has 0 bridgehead atoms. The third-order valence-electron chi connectivity index (χ3n) is 4.40. The van der Waals surface area contributed by atoms with Crippen LogP contribution in [0, 0.1) is 0 Å². The van der Waals surface area contributed by atoms with Crippen LogP contribution in [0.4, 0.5) is 5.69 Å². The van der Waals surface area contributed by atoms with Crippen molar-refractivity contribution >= 4 is 33.2 Å². The number of sulfonamides is 1. The molecule has 0 fully saturated rings. The van der Waals surface area contributed by atoms with Gasteiger partial charge in [0.2, 0.25) is 10.0 Å². The smallest absolute Gasteiger partial charge is 0.263 e. The van der Waals surface area contributed by atoms with Gasteiger partial charge in [-0.2, -0.15) is 0 Å². The van der Waals surface area contributed by atoms with Gasteiger partial charge < -0.3 is 19.5 Å². The molecule has 8 nitrogen and oxygen atoms in total. The van der Waals surface area contributed by atoms with Gasteiger partial charge in [-0.05, 0) is 35.9 Å². The molecule has 0 saturated heterocycles. The zero-order chi connectivity index (χ0) is 21.2. The Balaban J connectivity index is 1.75. The Bertz CT molecular complexity index is 1030. The second kappa shape index (κ2) is 8.38. The summed E-state index contributed by atoms with van der Waals surface area (Å²) in [5.74, 6) is 0.964. The van der Waals surface area contributed by atoms with Gasteiger partial charge in [0.05, 0.1) is 32.7 Å². The van der Waals surface area contributed by atoms with Gasteiger partial charge >= 0.3 is 0 Å². The highest BCUT2D eigenvalue weighted by Gasteiger charge is 2.35. The molecule has 3 rings (SSSR count). The van der Waals surface area contributed by atoms with Gasteiger partial charge in [0, 0.05) is 11.6 Å². The first kappa shape index (κ1) is 21.1. The van der Waals surface area contributed by atoms with Crippen molar-refractivity contribution < 1.29 is 27.4 Å². The predicted octanol–water partition coefficient (Wildman–Crippen LogP) is 2.20. The molecule has 156 valence electrons. The fourth-order valence-corrected chi connectivity index (χ4v) is 4.04. The maximum Gasteiger partial charge on any atom is 0.263 e. The maximum absolute atomic E-state index is 12.7. The van der Waals surface area contributed by atoms with Crippen LogP contribution in [0.25, 0.3) is 0 Å². The van der Waals surface area contributed by atoms with Crippen LogP contribution in [0.3, 0.4) is 0 Å². The molecule has 1 atom stereocenters. The van der Waals surface area contributed by atoms with Gasteiger partial charge in [-0.15, -0.1) is 0 Å². The zero-order valence-corrected chi connectivity index (χ0v) is 17.7. The van der Waals surface area contributed by atoms with Gasteiger partial charge in [0.15, 0.2) is 17.6 Å². The second-order valence-corrected chi connectivity index (χ2v) is 8.76. The highest BCUT2D eigenvalue weighted by Crippen LogP contribution is 2.37. The number of ether oxygens (including phenoxy) is 3. The summed E-state index contributed by atoms with van der Waals surface area (Å²) in [5, 5.41) is 3.14. The molecular weight excluding hydrogens is 420 g/mol. The van der Waals surface area contributed by atoms with E-state index >= 15 is 0 Å². The quantitative estimate of drug-likeness (QED) is 0.740. The van der Waals surface area contributed by atoms with Crippen molar-refractivity contribution in [3.8, 4) is 17.2 Å². The van der Waals surface area contributed by atoms with Crippen molar-refractivity contribution in [2.45, 2.75) is 12.6 Å². The minimum Gasteiger partial charge on any atom is -0.493 e. The normalized spacial score (nSPS) is 15.9. The Kier molecular flexibility index (Phi) is 6.09. The molecule has 1 N–H and O–H groups in total. The van der Waals surface area contributed by atoms with Crippen molar-refractivity contribution in [3.63, 3.8) is 0 Å². The summed E-state index contributed by atoms with van der Waals surface area (Å²) >= 11 is 5.98. The maximum atomic E-state index is 12.7. The summed E-state index contributed by atoms with van der Waals surface area (Å²) < 4.78 is 41.7. The molecule has 2 aromatic rings. The van der Waals surface area contributed by atoms with Gasteiger partial charge in [-0.3, -0.25) is 9.10 Å². The van der Waals surface area contributed by atoms with Crippen LogP contribution in [0.15, 0.2) is 36.4 Å². The van der Waals surface area contributed by atoms with E-state index in [0.29, 0.717) is 22.2 Å². The second-order valence-electron chi connectivity index (χ2n) is 6.42. The van der Waals surface area contributed by atoms with E-state index in [-0.39, 0.29) is 18.8 Å². The van der Waals surface area contributed by atoms with E-state index in [4.69, 9.17) is 25.8 Å². The lowest BCUT2D eigenvalue weighted by Gasteiger charge is -2.34. The number of methoxy groups -OCH3 is 2. The van der Waals surface area contributed by atoms with Crippen molar-refractivity contribution in [2.75, 3.05) is 31.3 Å². The first-order valence-electron chi connectivity index (χ1n) is 8.65. The van der Waals surface area contributed by atoms with Crippen LogP contribution < -0.4 is 23.8 Å². The molecule has 0 spiro atoms. The van der Waals surface area contributed by atoms with E-state index in [1.807, 2.05) is 0 Å². The average molecular weight is 441 g/mol. The lowest BCUT2D eigenvalue weighted by Crippen LogP contribution is -2.50. The van der Waals surface area contributed by atoms with Crippen molar-refractivity contribution in [1.29, 1.82) is 0 Å². The number of benzene rings is 2. The van der Waals surface area contributed by atoms with Gasteiger partial charge in [0.1, 0.15) is 5.75 Å². The molecule has 1 amide bonds. The summed E-state index contributed by atoms with van der Waals surface area (Å²) in [5.41, 5.74) is 1.10. The number of carbonyl (C=O) groups excluding carboxylic acids is 1.